The molecule has 0 aromatic carbocycles. The largest absolute Gasteiger partial charge is 0.259 e. The molecule has 0 N–H and O–H groups in total. The van der Waals surface area contributed by atoms with E-state index in [4.69, 9.17) is 11.6 Å². The summed E-state index contributed by atoms with van der Waals surface area (Å²) in [5.41, 5.74) is 2.85. The van der Waals surface area contributed by atoms with Gasteiger partial charge in [-0.15, -0.1) is 11.6 Å². The Hall–Kier alpha value is -0.890. The van der Waals surface area contributed by atoms with Gasteiger partial charge in [-0.1, -0.05) is 0 Å². The number of pyridine rings is 1. The SMILES string of the molecule is C/C=N\c1c(CCl)ccnc1C. The minimum Gasteiger partial charge on any atom is -0.259 e. The number of halogens is 1. The molecule has 1 rings (SSSR count). The van der Waals surface area contributed by atoms with Gasteiger partial charge in [0, 0.05) is 18.3 Å². The summed E-state index contributed by atoms with van der Waals surface area (Å²) >= 11 is 5.74. The summed E-state index contributed by atoms with van der Waals surface area (Å²) in [6.07, 6.45) is 3.50. The molecule has 0 atom stereocenters. The van der Waals surface area contributed by atoms with Gasteiger partial charge in [-0.2, -0.15) is 0 Å². The second-order valence-electron chi connectivity index (χ2n) is 2.43. The number of rotatable bonds is 2. The van der Waals surface area contributed by atoms with Crippen molar-refractivity contribution in [1.82, 2.24) is 4.98 Å². The molecule has 0 aliphatic heterocycles. The smallest absolute Gasteiger partial charge is 0.0882 e. The van der Waals surface area contributed by atoms with Crippen molar-refractivity contribution in [2.75, 3.05) is 0 Å². The van der Waals surface area contributed by atoms with Crippen LogP contribution in [0, 0.1) is 6.92 Å². The van der Waals surface area contributed by atoms with Crippen LogP contribution in [-0.2, 0) is 5.88 Å². The van der Waals surface area contributed by atoms with Crippen LogP contribution in [0.5, 0.6) is 0 Å². The Balaban J connectivity index is 3.19. The van der Waals surface area contributed by atoms with E-state index in [1.54, 1.807) is 12.4 Å². The van der Waals surface area contributed by atoms with Gasteiger partial charge in [0.2, 0.25) is 0 Å². The normalized spacial score (nSPS) is 10.9. The first-order chi connectivity index (χ1) is 5.79. The standard InChI is InChI=1S/C9H11ClN2/c1-3-11-9-7(2)12-5-4-8(9)6-10/h3-5H,6H2,1-2H3/b11-3-. The van der Waals surface area contributed by atoms with Crippen LogP contribution in [0.2, 0.25) is 0 Å². The summed E-state index contributed by atoms with van der Waals surface area (Å²) in [6.45, 7) is 3.81. The van der Waals surface area contributed by atoms with E-state index in [0.29, 0.717) is 5.88 Å². The summed E-state index contributed by atoms with van der Waals surface area (Å²) in [5.74, 6) is 0.482. The highest BCUT2D eigenvalue weighted by molar-refractivity contribution is 6.17. The van der Waals surface area contributed by atoms with Crippen LogP contribution in [0.3, 0.4) is 0 Å². The fourth-order valence-corrected chi connectivity index (χ4v) is 1.24. The number of alkyl halides is 1. The molecule has 0 saturated carbocycles. The molecule has 1 aromatic heterocycles. The molecule has 3 heteroatoms. The molecule has 64 valence electrons. The highest BCUT2D eigenvalue weighted by atomic mass is 35.5. The van der Waals surface area contributed by atoms with Gasteiger partial charge in [-0.05, 0) is 25.5 Å². The van der Waals surface area contributed by atoms with Gasteiger partial charge in [0.05, 0.1) is 11.4 Å². The molecule has 0 fully saturated rings. The summed E-state index contributed by atoms with van der Waals surface area (Å²) in [7, 11) is 0. The number of hydrogen-bond acceptors (Lipinski definition) is 2. The van der Waals surface area contributed by atoms with Gasteiger partial charge >= 0.3 is 0 Å². The predicted octanol–water partition coefficient (Wildman–Crippen LogP) is 2.85. The van der Waals surface area contributed by atoms with Crippen LogP contribution < -0.4 is 0 Å². The van der Waals surface area contributed by atoms with Gasteiger partial charge in [0.1, 0.15) is 0 Å². The van der Waals surface area contributed by atoms with Gasteiger partial charge < -0.3 is 0 Å². The fraction of sp³-hybridized carbons (Fsp3) is 0.333. The molecule has 0 radical (unpaired) electrons. The van der Waals surface area contributed by atoms with Crippen LogP contribution in [-0.4, -0.2) is 11.2 Å². The van der Waals surface area contributed by atoms with Crippen LogP contribution in [0.25, 0.3) is 0 Å². The number of aryl methyl sites for hydroxylation is 1. The van der Waals surface area contributed by atoms with Crippen molar-refractivity contribution >= 4 is 23.5 Å². The van der Waals surface area contributed by atoms with Crippen molar-refractivity contribution in [2.45, 2.75) is 19.7 Å². The van der Waals surface area contributed by atoms with E-state index >= 15 is 0 Å². The van der Waals surface area contributed by atoms with Crippen molar-refractivity contribution in [3.8, 4) is 0 Å². The van der Waals surface area contributed by atoms with E-state index in [-0.39, 0.29) is 0 Å². The second kappa shape index (κ2) is 4.21. The quantitative estimate of drug-likeness (QED) is 0.510. The van der Waals surface area contributed by atoms with Crippen molar-refractivity contribution in [3.05, 3.63) is 23.5 Å². The maximum atomic E-state index is 5.74. The van der Waals surface area contributed by atoms with Crippen molar-refractivity contribution in [2.24, 2.45) is 4.99 Å². The van der Waals surface area contributed by atoms with E-state index in [9.17, 15) is 0 Å². The Morgan fingerprint density at radius 1 is 1.67 bits per heavy atom. The average Bonchev–Trinajstić information content (AvgIpc) is 2.09. The van der Waals surface area contributed by atoms with Crippen molar-refractivity contribution < 1.29 is 0 Å². The molecule has 0 aliphatic rings. The van der Waals surface area contributed by atoms with E-state index in [0.717, 1.165) is 16.9 Å². The molecule has 0 unspecified atom stereocenters. The van der Waals surface area contributed by atoms with Crippen LogP contribution >= 0.6 is 11.6 Å². The molecule has 0 saturated heterocycles. The zero-order valence-corrected chi connectivity index (χ0v) is 7.97. The maximum Gasteiger partial charge on any atom is 0.0882 e. The van der Waals surface area contributed by atoms with E-state index < -0.39 is 0 Å². The lowest BCUT2D eigenvalue weighted by Crippen LogP contribution is -1.87. The minimum absolute atomic E-state index is 0.482. The summed E-state index contributed by atoms with van der Waals surface area (Å²) in [4.78, 5) is 8.34. The Bertz CT molecular complexity index is 295. The third-order valence-electron chi connectivity index (χ3n) is 1.59. The zero-order valence-electron chi connectivity index (χ0n) is 7.21. The summed E-state index contributed by atoms with van der Waals surface area (Å²) in [6, 6.07) is 1.89. The molecule has 0 spiro atoms. The number of hydrogen-bond donors (Lipinski definition) is 0. The first-order valence-electron chi connectivity index (χ1n) is 3.78. The molecule has 12 heavy (non-hydrogen) atoms. The average molecular weight is 183 g/mol. The first-order valence-corrected chi connectivity index (χ1v) is 4.32. The second-order valence-corrected chi connectivity index (χ2v) is 2.69. The van der Waals surface area contributed by atoms with Crippen molar-refractivity contribution in [3.63, 3.8) is 0 Å². The number of aromatic nitrogens is 1. The molecule has 1 heterocycles. The monoisotopic (exact) mass is 182 g/mol. The lowest BCUT2D eigenvalue weighted by Gasteiger charge is -2.03. The molecule has 0 aliphatic carbocycles. The molecule has 0 amide bonds. The van der Waals surface area contributed by atoms with E-state index in [1.807, 2.05) is 19.9 Å². The third kappa shape index (κ3) is 1.83. The van der Waals surface area contributed by atoms with Gasteiger partial charge in [0.25, 0.3) is 0 Å². The zero-order chi connectivity index (χ0) is 8.97. The third-order valence-corrected chi connectivity index (χ3v) is 1.88. The molecule has 2 nitrogen and oxygen atoms in total. The Labute approximate surface area is 77.3 Å². The summed E-state index contributed by atoms with van der Waals surface area (Å²) < 4.78 is 0. The number of aliphatic imine (C=N–C) groups is 1. The Morgan fingerprint density at radius 3 is 3.00 bits per heavy atom. The van der Waals surface area contributed by atoms with Crippen LogP contribution in [0.4, 0.5) is 5.69 Å². The molecule has 1 aromatic rings. The molecular weight excluding hydrogens is 172 g/mol. The minimum atomic E-state index is 0.482. The first kappa shape index (κ1) is 9.20. The van der Waals surface area contributed by atoms with Gasteiger partial charge in [0.15, 0.2) is 0 Å². The lowest BCUT2D eigenvalue weighted by atomic mass is 10.2. The fourth-order valence-electron chi connectivity index (χ4n) is 1.02. The highest BCUT2D eigenvalue weighted by Gasteiger charge is 2.02. The molecule has 0 bridgehead atoms. The Morgan fingerprint density at radius 2 is 2.42 bits per heavy atom. The van der Waals surface area contributed by atoms with Gasteiger partial charge in [-0.3, -0.25) is 9.98 Å². The lowest BCUT2D eigenvalue weighted by molar-refractivity contribution is 1.15. The molecular formula is C9H11ClN2. The highest BCUT2D eigenvalue weighted by Crippen LogP contribution is 2.22. The topological polar surface area (TPSA) is 25.2 Å². The number of nitrogens with zero attached hydrogens (tertiary/aromatic N) is 2. The van der Waals surface area contributed by atoms with Gasteiger partial charge in [-0.25, -0.2) is 0 Å². The van der Waals surface area contributed by atoms with Crippen LogP contribution in [0.1, 0.15) is 18.2 Å². The maximum absolute atomic E-state index is 5.74. The van der Waals surface area contributed by atoms with Crippen molar-refractivity contribution in [1.29, 1.82) is 0 Å². The predicted molar refractivity (Wildman–Crippen MR) is 52.4 cm³/mol. The van der Waals surface area contributed by atoms with E-state index in [1.165, 1.54) is 0 Å². The summed E-state index contributed by atoms with van der Waals surface area (Å²) in [5, 5.41) is 0. The van der Waals surface area contributed by atoms with E-state index in [2.05, 4.69) is 9.98 Å². The Kier molecular flexibility index (Phi) is 3.23. The van der Waals surface area contributed by atoms with Crippen LogP contribution in [0.15, 0.2) is 17.3 Å².